The Morgan fingerprint density at radius 2 is 1.62 bits per heavy atom. The Bertz CT molecular complexity index is 1280. The van der Waals surface area contributed by atoms with Crippen molar-refractivity contribution in [2.24, 2.45) is 5.41 Å². The molecule has 1 unspecified atom stereocenters. The Balaban J connectivity index is 1.79. The Kier molecular flexibility index (Phi) is 8.36. The first-order valence-electron chi connectivity index (χ1n) is 13.8. The molecule has 208 valence electrons. The molecule has 0 radical (unpaired) electrons. The molecule has 0 saturated carbocycles. The first-order chi connectivity index (χ1) is 18.3. The number of benzene rings is 2. The number of aromatic nitrogens is 1. The molecule has 2 aromatic carbocycles. The van der Waals surface area contributed by atoms with E-state index in [1.165, 1.54) is 0 Å². The number of anilines is 1. The van der Waals surface area contributed by atoms with Crippen LogP contribution in [0.2, 0.25) is 0 Å². The van der Waals surface area contributed by atoms with E-state index in [4.69, 9.17) is 14.5 Å². The third-order valence-electron chi connectivity index (χ3n) is 7.36. The van der Waals surface area contributed by atoms with Crippen molar-refractivity contribution in [1.82, 2.24) is 4.98 Å². The van der Waals surface area contributed by atoms with E-state index < -0.39 is 17.7 Å². The van der Waals surface area contributed by atoms with Gasteiger partial charge in [0.1, 0.15) is 12.4 Å². The summed E-state index contributed by atoms with van der Waals surface area (Å²) in [5.41, 5.74) is 5.77. The lowest BCUT2D eigenvalue weighted by molar-refractivity contribution is -0.160. The maximum atomic E-state index is 12.6. The minimum absolute atomic E-state index is 0.250. The van der Waals surface area contributed by atoms with Crippen molar-refractivity contribution in [3.05, 3.63) is 77.1 Å². The van der Waals surface area contributed by atoms with Crippen LogP contribution in [0.25, 0.3) is 11.1 Å². The maximum absolute atomic E-state index is 12.6. The van der Waals surface area contributed by atoms with Crippen molar-refractivity contribution in [3.8, 4) is 16.9 Å². The summed E-state index contributed by atoms with van der Waals surface area (Å²) in [5, 5.41) is 10.4. The predicted molar refractivity (Wildman–Crippen MR) is 156 cm³/mol. The molecule has 1 aliphatic rings. The van der Waals surface area contributed by atoms with Gasteiger partial charge in [-0.1, -0.05) is 56.3 Å². The maximum Gasteiger partial charge on any atom is 0.337 e. The zero-order valence-electron chi connectivity index (χ0n) is 24.4. The van der Waals surface area contributed by atoms with E-state index >= 15 is 0 Å². The van der Waals surface area contributed by atoms with Crippen LogP contribution in [-0.2, 0) is 16.1 Å². The number of hydrogen-bond donors (Lipinski definition) is 1. The van der Waals surface area contributed by atoms with Gasteiger partial charge in [-0.15, -0.1) is 0 Å². The van der Waals surface area contributed by atoms with Crippen LogP contribution >= 0.6 is 0 Å². The first kappa shape index (κ1) is 28.6. The Labute approximate surface area is 233 Å². The van der Waals surface area contributed by atoms with Gasteiger partial charge in [-0.2, -0.15) is 0 Å². The molecule has 0 amide bonds. The van der Waals surface area contributed by atoms with Gasteiger partial charge in [0.05, 0.1) is 11.3 Å². The van der Waals surface area contributed by atoms with Gasteiger partial charge < -0.3 is 19.5 Å². The van der Waals surface area contributed by atoms with Gasteiger partial charge in [-0.05, 0) is 76.1 Å². The lowest BCUT2D eigenvalue weighted by Crippen LogP contribution is -2.39. The van der Waals surface area contributed by atoms with Crippen LogP contribution in [0.5, 0.6) is 5.75 Å². The SMILES string of the molecule is Cc1nc(C)c(C(OC(C)(C)C)C(=O)O)c(N2CCC(C)(C)CC2)c1-c1ccc(OCc2ccccc2)cc1. The Morgan fingerprint density at radius 3 is 2.18 bits per heavy atom. The smallest absolute Gasteiger partial charge is 0.337 e. The number of carbonyl (C=O) groups is 1. The minimum atomic E-state index is -1.13. The van der Waals surface area contributed by atoms with Crippen molar-refractivity contribution in [2.75, 3.05) is 18.0 Å². The second kappa shape index (κ2) is 11.4. The number of ether oxygens (including phenoxy) is 2. The summed E-state index contributed by atoms with van der Waals surface area (Å²) in [7, 11) is 0. The van der Waals surface area contributed by atoms with Crippen LogP contribution in [0, 0.1) is 19.3 Å². The second-order valence-corrected chi connectivity index (χ2v) is 12.3. The largest absolute Gasteiger partial charge is 0.489 e. The first-order valence-corrected chi connectivity index (χ1v) is 13.8. The van der Waals surface area contributed by atoms with Crippen molar-refractivity contribution in [1.29, 1.82) is 0 Å². The lowest BCUT2D eigenvalue weighted by Gasteiger charge is -2.41. The summed E-state index contributed by atoms with van der Waals surface area (Å²) in [6.45, 7) is 16.3. The average Bonchev–Trinajstić information content (AvgIpc) is 2.86. The molecule has 1 aliphatic heterocycles. The molecule has 0 aliphatic carbocycles. The van der Waals surface area contributed by atoms with Gasteiger partial charge in [-0.25, -0.2) is 4.79 Å². The van der Waals surface area contributed by atoms with E-state index in [-0.39, 0.29) is 5.41 Å². The number of piperidine rings is 1. The molecule has 39 heavy (non-hydrogen) atoms. The molecule has 3 aromatic rings. The second-order valence-electron chi connectivity index (χ2n) is 12.3. The van der Waals surface area contributed by atoms with E-state index in [9.17, 15) is 9.90 Å². The third-order valence-corrected chi connectivity index (χ3v) is 7.36. The fraction of sp³-hybridized carbons (Fsp3) is 0.455. The normalized spacial score (nSPS) is 16.1. The summed E-state index contributed by atoms with van der Waals surface area (Å²) in [4.78, 5) is 19.9. The number of carboxylic acids is 1. The van der Waals surface area contributed by atoms with Gasteiger partial charge in [0.15, 0.2) is 6.10 Å². The molecule has 1 atom stereocenters. The molecule has 6 nitrogen and oxygen atoms in total. The van der Waals surface area contributed by atoms with Crippen LogP contribution in [0.3, 0.4) is 0 Å². The van der Waals surface area contributed by atoms with Crippen molar-refractivity contribution in [3.63, 3.8) is 0 Å². The summed E-state index contributed by atoms with van der Waals surface area (Å²) in [6, 6.07) is 18.1. The van der Waals surface area contributed by atoms with E-state index in [0.29, 0.717) is 17.9 Å². The molecule has 1 fully saturated rings. The molecule has 2 heterocycles. The summed E-state index contributed by atoms with van der Waals surface area (Å²) < 4.78 is 12.2. The van der Waals surface area contributed by atoms with Crippen LogP contribution < -0.4 is 9.64 Å². The third kappa shape index (κ3) is 6.99. The van der Waals surface area contributed by atoms with E-state index in [1.807, 2.05) is 89.2 Å². The zero-order chi connectivity index (χ0) is 28.4. The van der Waals surface area contributed by atoms with Crippen LogP contribution in [0.1, 0.15) is 76.1 Å². The van der Waals surface area contributed by atoms with Gasteiger partial charge in [0, 0.05) is 35.6 Å². The highest BCUT2D eigenvalue weighted by atomic mass is 16.5. The number of nitrogens with zero attached hydrogens (tertiary/aromatic N) is 2. The molecule has 1 saturated heterocycles. The highest BCUT2D eigenvalue weighted by Crippen LogP contribution is 2.45. The number of aryl methyl sites for hydroxylation is 2. The minimum Gasteiger partial charge on any atom is -0.489 e. The number of hydrogen-bond acceptors (Lipinski definition) is 5. The molecule has 6 heteroatoms. The van der Waals surface area contributed by atoms with Crippen LogP contribution in [-0.4, -0.2) is 34.8 Å². The average molecular weight is 531 g/mol. The molecule has 1 N–H and O–H groups in total. The van der Waals surface area contributed by atoms with Crippen LogP contribution in [0.4, 0.5) is 5.69 Å². The number of pyridine rings is 1. The van der Waals surface area contributed by atoms with E-state index in [0.717, 1.165) is 59.8 Å². The molecular weight excluding hydrogens is 488 g/mol. The topological polar surface area (TPSA) is 71.9 Å². The fourth-order valence-corrected chi connectivity index (χ4v) is 5.21. The standard InChI is InChI=1S/C33H42N2O4/c1-22-27(25-13-15-26(16-14-25)38-21-24-11-9-8-10-12-24)29(35-19-17-33(6,7)18-20-35)28(23(2)34-22)30(31(36)37)39-32(3,4)5/h8-16,30H,17-21H2,1-7H3,(H,36,37). The quantitative estimate of drug-likeness (QED) is 0.325. The highest BCUT2D eigenvalue weighted by molar-refractivity contribution is 5.88. The predicted octanol–water partition coefficient (Wildman–Crippen LogP) is 7.51. The van der Waals surface area contributed by atoms with Gasteiger partial charge in [0.2, 0.25) is 0 Å². The van der Waals surface area contributed by atoms with Crippen molar-refractivity contribution in [2.45, 2.75) is 79.6 Å². The highest BCUT2D eigenvalue weighted by Gasteiger charge is 2.36. The zero-order valence-corrected chi connectivity index (χ0v) is 24.4. The van der Waals surface area contributed by atoms with E-state index in [1.54, 1.807) is 0 Å². The van der Waals surface area contributed by atoms with Crippen LogP contribution in [0.15, 0.2) is 54.6 Å². The van der Waals surface area contributed by atoms with Gasteiger partial charge in [0.25, 0.3) is 0 Å². The van der Waals surface area contributed by atoms with E-state index in [2.05, 4.69) is 18.7 Å². The summed E-state index contributed by atoms with van der Waals surface area (Å²) in [6.07, 6.45) is 0.919. The van der Waals surface area contributed by atoms with Gasteiger partial charge in [-0.3, -0.25) is 4.98 Å². The Morgan fingerprint density at radius 1 is 1.00 bits per heavy atom. The molecule has 4 rings (SSSR count). The van der Waals surface area contributed by atoms with Crippen molar-refractivity contribution < 1.29 is 19.4 Å². The fourth-order valence-electron chi connectivity index (χ4n) is 5.21. The summed E-state index contributed by atoms with van der Waals surface area (Å²) >= 11 is 0. The summed E-state index contributed by atoms with van der Waals surface area (Å²) in [5.74, 6) is -0.228. The Hall–Kier alpha value is -3.38. The molecule has 1 aromatic heterocycles. The van der Waals surface area contributed by atoms with Crippen molar-refractivity contribution >= 4 is 11.7 Å². The number of aliphatic carboxylic acids is 1. The molecular formula is C33H42N2O4. The number of carboxylic acid groups (broad SMARTS) is 1. The number of rotatable bonds is 8. The molecule has 0 bridgehead atoms. The molecule has 0 spiro atoms. The lowest BCUT2D eigenvalue weighted by atomic mass is 9.82. The van der Waals surface area contributed by atoms with Gasteiger partial charge >= 0.3 is 5.97 Å². The monoisotopic (exact) mass is 530 g/mol.